The van der Waals surface area contributed by atoms with Gasteiger partial charge in [-0.25, -0.2) is 0 Å². The zero-order valence-corrected chi connectivity index (χ0v) is 9.08. The van der Waals surface area contributed by atoms with Gasteiger partial charge in [-0.05, 0) is 0 Å². The summed E-state index contributed by atoms with van der Waals surface area (Å²) in [5.41, 5.74) is 0. The second-order valence-electron chi connectivity index (χ2n) is 10.5. The fourth-order valence-corrected chi connectivity index (χ4v) is 97.1. The third-order valence-electron chi connectivity index (χ3n) is 16.5. The van der Waals surface area contributed by atoms with Gasteiger partial charge in [0.1, 0.15) is 0 Å². The molecule has 0 aromatic rings. The van der Waals surface area contributed by atoms with Gasteiger partial charge in [-0.15, -0.1) is 0 Å². The molecule has 4 atom stereocenters. The first kappa shape index (κ1) is 4.26. The SMILES string of the molecule is B[C]12[CH]3[CH]4[CH]5[C]1(B)[Fe]43521678[CH]2[CH]1[CH]6[CH]7[CH]28. The van der Waals surface area contributed by atoms with Crippen LogP contribution in [0.3, 0.4) is 0 Å². The molecule has 4 unspecified atom stereocenters. The minimum absolute atomic E-state index is 1.13. The normalized spacial score (nSPS) is 158. The van der Waals surface area contributed by atoms with E-state index in [1.807, 2.05) is 0 Å². The van der Waals surface area contributed by atoms with Crippen molar-refractivity contribution in [3.8, 4) is 0 Å². The Labute approximate surface area is 69.3 Å². The first-order chi connectivity index (χ1) is 5.94. The van der Waals surface area contributed by atoms with Crippen molar-refractivity contribution in [3.05, 3.63) is 0 Å². The average Bonchev–Trinajstić information content (AvgIpc) is 3.02. The van der Waals surface area contributed by atoms with Crippen LogP contribution in [0.4, 0.5) is 0 Å². The van der Waals surface area contributed by atoms with Gasteiger partial charge in [0.15, 0.2) is 0 Å². The molecule has 3 heteroatoms. The van der Waals surface area contributed by atoms with Crippen LogP contribution in [0.15, 0.2) is 0 Å². The second-order valence-corrected chi connectivity index (χ2v) is 34.2. The van der Waals surface area contributed by atoms with Crippen LogP contribution in [0, 0.1) is 0 Å². The fraction of sp³-hybridized carbons (Fsp3) is 1.00. The molecule has 13 heavy (non-hydrogen) atoms. The second kappa shape index (κ2) is 0.257. The molecule has 0 nitrogen and oxygen atoms in total. The third-order valence-corrected chi connectivity index (χ3v) is 62.1. The Morgan fingerprint density at radius 2 is 1.08 bits per heavy atom. The number of fused-ring (bicyclic) bond motifs is 10. The molecule has 0 N–H and O–H groups in total. The molecule has 10 aliphatic rings. The minimum atomic E-state index is -2.62. The van der Waals surface area contributed by atoms with Crippen LogP contribution < -0.4 is 0 Å². The molecule has 0 aromatic carbocycles. The monoisotopic (exact) mass is 210 g/mol. The van der Waals surface area contributed by atoms with Gasteiger partial charge < -0.3 is 0 Å². The summed E-state index contributed by atoms with van der Waals surface area (Å²) in [6.45, 7) is -2.62. The molecule has 10 rings (SSSR count). The van der Waals surface area contributed by atoms with E-state index in [1.165, 1.54) is 38.5 Å². The standard InChI is InChI=1S/C5H7B2.C5H5.Fe/c6-4-2-1-3-5(4)7;1-2-4-5-3-1;/h1-3H,6-7H2;1-5H;. The van der Waals surface area contributed by atoms with Crippen molar-refractivity contribution in [2.45, 2.75) is 47.0 Å². The number of rotatable bonds is 0. The number of hydrogen-bond donors (Lipinski definition) is 0. The van der Waals surface area contributed by atoms with E-state index in [1.54, 1.807) is 0 Å². The Bertz CT molecular complexity index is 822. The molecule has 10 fully saturated rings. The Morgan fingerprint density at radius 3 is 1.08 bits per heavy atom. The van der Waals surface area contributed by atoms with Crippen LogP contribution in [0.25, 0.3) is 0 Å². The summed E-state index contributed by atoms with van der Waals surface area (Å²) < 4.78 is 2.26. The Kier molecular flexibility index (Phi) is 0.0843. The van der Waals surface area contributed by atoms with E-state index < -0.39 is 6.51 Å². The molecular weight excluding hydrogens is 198 g/mol. The van der Waals surface area contributed by atoms with E-state index in [2.05, 4.69) is 15.7 Å². The van der Waals surface area contributed by atoms with E-state index in [-0.39, 0.29) is 0 Å². The Morgan fingerprint density at radius 1 is 0.692 bits per heavy atom. The van der Waals surface area contributed by atoms with Gasteiger partial charge in [-0.2, -0.15) is 0 Å². The van der Waals surface area contributed by atoms with Crippen molar-refractivity contribution < 1.29 is 6.51 Å². The van der Waals surface area contributed by atoms with E-state index in [0.717, 1.165) is 8.43 Å². The van der Waals surface area contributed by atoms with Crippen LogP contribution >= 0.6 is 0 Å². The van der Waals surface area contributed by atoms with Gasteiger partial charge in [-0.3, -0.25) is 0 Å². The summed E-state index contributed by atoms with van der Waals surface area (Å²) in [6.07, 6.45) is 0. The fourth-order valence-electron chi connectivity index (χ4n) is 18.7. The quantitative estimate of drug-likeness (QED) is 0.528. The van der Waals surface area contributed by atoms with E-state index in [4.69, 9.17) is 0 Å². The van der Waals surface area contributed by atoms with E-state index in [0.29, 0.717) is 0 Å². The zero-order chi connectivity index (χ0) is 7.94. The van der Waals surface area contributed by atoms with Crippen LogP contribution in [-0.4, -0.2) is 15.7 Å². The molecule has 10 heterocycles. The van der Waals surface area contributed by atoms with E-state index in [9.17, 15) is 0 Å². The molecule has 10 aliphatic heterocycles. The average molecular weight is 210 g/mol. The molecule has 0 amide bonds. The summed E-state index contributed by atoms with van der Waals surface area (Å²) in [5.74, 6) is 0. The van der Waals surface area contributed by atoms with Crippen molar-refractivity contribution in [1.82, 2.24) is 0 Å². The molecule has 0 aliphatic carbocycles. The van der Waals surface area contributed by atoms with Crippen LogP contribution in [-0.2, 0) is 6.51 Å². The molecule has 0 radical (unpaired) electrons. The Balaban J connectivity index is 2.20. The molecule has 1 spiro atoms. The van der Waals surface area contributed by atoms with Gasteiger partial charge >= 0.3 is 69.2 Å². The van der Waals surface area contributed by atoms with Crippen molar-refractivity contribution in [2.75, 3.05) is 0 Å². The van der Waals surface area contributed by atoms with E-state index >= 15 is 0 Å². The summed E-state index contributed by atoms with van der Waals surface area (Å²) in [5, 5.41) is 0. The summed E-state index contributed by atoms with van der Waals surface area (Å²) in [4.78, 5) is 12.2. The zero-order valence-electron chi connectivity index (χ0n) is 7.97. The molecular formula is C10H12B2Fe. The van der Waals surface area contributed by atoms with Crippen LogP contribution in [0.2, 0.25) is 47.0 Å². The van der Waals surface area contributed by atoms with Gasteiger partial charge in [0.2, 0.25) is 0 Å². The predicted molar refractivity (Wildman–Crippen MR) is 52.5 cm³/mol. The van der Waals surface area contributed by atoms with Gasteiger partial charge in [-0.1, -0.05) is 0 Å². The van der Waals surface area contributed by atoms with Gasteiger partial charge in [0.05, 0.1) is 0 Å². The third kappa shape index (κ3) is 0.0277. The first-order valence-electron chi connectivity index (χ1n) is 6.15. The number of hydrogen-bond acceptors (Lipinski definition) is 0. The van der Waals surface area contributed by atoms with Crippen molar-refractivity contribution in [1.29, 1.82) is 0 Å². The van der Waals surface area contributed by atoms with Crippen molar-refractivity contribution in [2.24, 2.45) is 0 Å². The van der Waals surface area contributed by atoms with Gasteiger partial charge in [0, 0.05) is 0 Å². The van der Waals surface area contributed by atoms with Gasteiger partial charge in [0.25, 0.3) is 0 Å². The predicted octanol–water partition coefficient (Wildman–Crippen LogP) is 1.30. The van der Waals surface area contributed by atoms with Crippen LogP contribution in [0.5, 0.6) is 0 Å². The molecule has 0 bridgehead atoms. The maximum absolute atomic E-state index is 2.83. The maximum atomic E-state index is 2.83. The summed E-state index contributed by atoms with van der Waals surface area (Å²) in [6, 6.07) is 0. The van der Waals surface area contributed by atoms with Crippen molar-refractivity contribution in [3.63, 3.8) is 0 Å². The van der Waals surface area contributed by atoms with Crippen molar-refractivity contribution >= 4 is 15.7 Å². The summed E-state index contributed by atoms with van der Waals surface area (Å²) >= 11 is 0. The Hall–Kier alpha value is 0.649. The van der Waals surface area contributed by atoms with Crippen LogP contribution in [0.1, 0.15) is 0 Å². The summed E-state index contributed by atoms with van der Waals surface area (Å²) in [7, 11) is 5.65. The molecule has 10 saturated heterocycles. The topological polar surface area (TPSA) is 0 Å². The first-order valence-corrected chi connectivity index (χ1v) is 12.4. The molecule has 0 aromatic heterocycles. The molecule has 66 valence electrons. The molecule has 0 saturated carbocycles.